The Hall–Kier alpha value is -1.52. The molecule has 1 aromatic heterocycles. The van der Waals surface area contributed by atoms with Crippen LogP contribution in [-0.2, 0) is 6.42 Å². The van der Waals surface area contributed by atoms with Crippen LogP contribution in [0, 0.1) is 6.92 Å². The maximum atomic E-state index is 6.22. The average Bonchev–Trinajstić information content (AvgIpc) is 2.57. The molecule has 6 heteroatoms. The lowest BCUT2D eigenvalue weighted by Gasteiger charge is -2.27. The molecule has 128 valence electrons. The van der Waals surface area contributed by atoms with Crippen molar-refractivity contribution in [3.05, 3.63) is 45.6 Å². The number of halogens is 2. The van der Waals surface area contributed by atoms with Crippen LogP contribution < -0.4 is 10.2 Å². The first-order valence-corrected chi connectivity index (χ1v) is 9.16. The predicted octanol–water partition coefficient (Wildman–Crippen LogP) is 4.74. The number of piperidine rings is 1. The van der Waals surface area contributed by atoms with Gasteiger partial charge in [-0.15, -0.1) is 0 Å². The minimum absolute atomic E-state index is 0.661. The zero-order valence-electron chi connectivity index (χ0n) is 13.9. The molecule has 1 aliphatic rings. The molecule has 1 saturated heterocycles. The first-order chi connectivity index (χ1) is 11.6. The van der Waals surface area contributed by atoms with Gasteiger partial charge in [0.05, 0.1) is 0 Å². The molecule has 1 fully saturated rings. The third-order valence-corrected chi connectivity index (χ3v) is 4.78. The Labute approximate surface area is 153 Å². The first-order valence-electron chi connectivity index (χ1n) is 8.40. The predicted molar refractivity (Wildman–Crippen MR) is 101 cm³/mol. The highest BCUT2D eigenvalue weighted by Crippen LogP contribution is 2.22. The SMILES string of the molecule is Cc1cc(NCCc2ccc(Cl)cc2Cl)nc(N2CCCCC2)n1. The van der Waals surface area contributed by atoms with Crippen LogP contribution in [0.4, 0.5) is 11.8 Å². The fourth-order valence-electron chi connectivity index (χ4n) is 2.93. The van der Waals surface area contributed by atoms with Crippen molar-refractivity contribution in [2.75, 3.05) is 29.9 Å². The van der Waals surface area contributed by atoms with E-state index in [1.807, 2.05) is 25.1 Å². The zero-order chi connectivity index (χ0) is 16.9. The van der Waals surface area contributed by atoms with Crippen LogP contribution in [0.3, 0.4) is 0 Å². The van der Waals surface area contributed by atoms with E-state index in [9.17, 15) is 0 Å². The fraction of sp³-hybridized carbons (Fsp3) is 0.444. The van der Waals surface area contributed by atoms with Crippen molar-refractivity contribution in [1.82, 2.24) is 9.97 Å². The lowest BCUT2D eigenvalue weighted by molar-refractivity contribution is 0.568. The molecule has 2 aromatic rings. The molecular weight excluding hydrogens is 343 g/mol. The van der Waals surface area contributed by atoms with Gasteiger partial charge in [0.15, 0.2) is 0 Å². The summed E-state index contributed by atoms with van der Waals surface area (Å²) in [6.07, 6.45) is 4.55. The summed E-state index contributed by atoms with van der Waals surface area (Å²) in [5, 5.41) is 4.75. The molecule has 0 atom stereocenters. The van der Waals surface area contributed by atoms with E-state index in [-0.39, 0.29) is 0 Å². The van der Waals surface area contributed by atoms with Crippen molar-refractivity contribution in [2.45, 2.75) is 32.6 Å². The molecule has 1 N–H and O–H groups in total. The summed E-state index contributed by atoms with van der Waals surface area (Å²) in [5.74, 6) is 1.70. The molecule has 4 nitrogen and oxygen atoms in total. The quantitative estimate of drug-likeness (QED) is 0.831. The van der Waals surface area contributed by atoms with Crippen molar-refractivity contribution < 1.29 is 0 Å². The molecular formula is C18H22Cl2N4. The lowest BCUT2D eigenvalue weighted by atomic mass is 10.1. The second-order valence-corrected chi connectivity index (χ2v) is 7.00. The topological polar surface area (TPSA) is 41.1 Å². The minimum atomic E-state index is 0.661. The van der Waals surface area contributed by atoms with Crippen LogP contribution in [-0.4, -0.2) is 29.6 Å². The van der Waals surface area contributed by atoms with Gasteiger partial charge < -0.3 is 10.2 Å². The molecule has 3 rings (SSSR count). The Kier molecular flexibility index (Phi) is 5.80. The van der Waals surface area contributed by atoms with Gasteiger partial charge in [-0.2, -0.15) is 4.98 Å². The molecule has 0 aliphatic carbocycles. The Morgan fingerprint density at radius 2 is 1.88 bits per heavy atom. The van der Waals surface area contributed by atoms with E-state index in [1.165, 1.54) is 19.3 Å². The minimum Gasteiger partial charge on any atom is -0.370 e. The molecule has 2 heterocycles. The molecule has 0 radical (unpaired) electrons. The van der Waals surface area contributed by atoms with E-state index in [4.69, 9.17) is 23.2 Å². The molecule has 1 aromatic carbocycles. The highest BCUT2D eigenvalue weighted by atomic mass is 35.5. The standard InChI is InChI=1S/C18H22Cl2N4/c1-13-11-17(23-18(22-13)24-9-3-2-4-10-24)21-8-7-14-5-6-15(19)12-16(14)20/h5-6,11-12H,2-4,7-10H2,1H3,(H,21,22,23). The Morgan fingerprint density at radius 3 is 2.62 bits per heavy atom. The molecule has 1 aliphatic heterocycles. The molecule has 0 saturated carbocycles. The Morgan fingerprint density at radius 1 is 1.08 bits per heavy atom. The lowest BCUT2D eigenvalue weighted by Crippen LogP contribution is -2.31. The number of hydrogen-bond donors (Lipinski definition) is 1. The van der Waals surface area contributed by atoms with E-state index in [0.29, 0.717) is 10.0 Å². The van der Waals surface area contributed by atoms with Gasteiger partial charge in [0, 0.05) is 41.4 Å². The zero-order valence-corrected chi connectivity index (χ0v) is 15.4. The van der Waals surface area contributed by atoms with Gasteiger partial charge in [0.2, 0.25) is 5.95 Å². The van der Waals surface area contributed by atoms with Crippen molar-refractivity contribution >= 4 is 35.0 Å². The van der Waals surface area contributed by atoms with Crippen molar-refractivity contribution in [2.24, 2.45) is 0 Å². The van der Waals surface area contributed by atoms with E-state index in [0.717, 1.165) is 49.1 Å². The number of aromatic nitrogens is 2. The summed E-state index contributed by atoms with van der Waals surface area (Å²) in [4.78, 5) is 11.5. The van der Waals surface area contributed by atoms with E-state index < -0.39 is 0 Å². The van der Waals surface area contributed by atoms with Crippen molar-refractivity contribution in [3.63, 3.8) is 0 Å². The number of benzene rings is 1. The van der Waals surface area contributed by atoms with Crippen molar-refractivity contribution in [1.29, 1.82) is 0 Å². The number of anilines is 2. The van der Waals surface area contributed by atoms with Crippen LogP contribution in [0.1, 0.15) is 30.5 Å². The Bertz CT molecular complexity index is 699. The van der Waals surface area contributed by atoms with Crippen LogP contribution >= 0.6 is 23.2 Å². The summed E-state index contributed by atoms with van der Waals surface area (Å²) in [6, 6.07) is 7.60. The van der Waals surface area contributed by atoms with Gasteiger partial charge in [0.25, 0.3) is 0 Å². The summed E-state index contributed by atoms with van der Waals surface area (Å²) in [5.41, 5.74) is 2.06. The number of rotatable bonds is 5. The van der Waals surface area contributed by atoms with Gasteiger partial charge in [0.1, 0.15) is 5.82 Å². The van der Waals surface area contributed by atoms with Crippen LogP contribution in [0.15, 0.2) is 24.3 Å². The van der Waals surface area contributed by atoms with Gasteiger partial charge in [-0.3, -0.25) is 0 Å². The average molecular weight is 365 g/mol. The van der Waals surface area contributed by atoms with Crippen LogP contribution in [0.25, 0.3) is 0 Å². The summed E-state index contributed by atoms with van der Waals surface area (Å²) in [6.45, 7) is 4.86. The van der Waals surface area contributed by atoms with Gasteiger partial charge in [-0.05, 0) is 50.3 Å². The van der Waals surface area contributed by atoms with Crippen LogP contribution in [0.5, 0.6) is 0 Å². The number of hydrogen-bond acceptors (Lipinski definition) is 4. The molecule has 0 unspecified atom stereocenters. The van der Waals surface area contributed by atoms with E-state index in [2.05, 4.69) is 20.2 Å². The second-order valence-electron chi connectivity index (χ2n) is 6.15. The monoisotopic (exact) mass is 364 g/mol. The van der Waals surface area contributed by atoms with Crippen LogP contribution in [0.2, 0.25) is 10.0 Å². The molecule has 0 spiro atoms. The highest BCUT2D eigenvalue weighted by molar-refractivity contribution is 6.35. The van der Waals surface area contributed by atoms with E-state index >= 15 is 0 Å². The summed E-state index contributed by atoms with van der Waals surface area (Å²) in [7, 11) is 0. The summed E-state index contributed by atoms with van der Waals surface area (Å²) >= 11 is 12.2. The normalized spacial score (nSPS) is 14.7. The number of nitrogens with zero attached hydrogens (tertiary/aromatic N) is 3. The van der Waals surface area contributed by atoms with Gasteiger partial charge in [-0.25, -0.2) is 4.98 Å². The van der Waals surface area contributed by atoms with E-state index in [1.54, 1.807) is 6.07 Å². The van der Waals surface area contributed by atoms with Gasteiger partial charge >= 0.3 is 0 Å². The second kappa shape index (κ2) is 8.04. The Balaban J connectivity index is 1.63. The third-order valence-electron chi connectivity index (χ3n) is 4.20. The number of nitrogens with one attached hydrogen (secondary N) is 1. The van der Waals surface area contributed by atoms with Crippen molar-refractivity contribution in [3.8, 4) is 0 Å². The maximum absolute atomic E-state index is 6.22. The fourth-order valence-corrected chi connectivity index (χ4v) is 3.43. The maximum Gasteiger partial charge on any atom is 0.227 e. The summed E-state index contributed by atoms with van der Waals surface area (Å²) < 4.78 is 0. The highest BCUT2D eigenvalue weighted by Gasteiger charge is 2.14. The molecule has 0 bridgehead atoms. The smallest absolute Gasteiger partial charge is 0.227 e. The largest absolute Gasteiger partial charge is 0.370 e. The number of aryl methyl sites for hydroxylation is 1. The first kappa shape index (κ1) is 17.3. The molecule has 0 amide bonds. The van der Waals surface area contributed by atoms with Gasteiger partial charge in [-0.1, -0.05) is 29.3 Å². The third kappa shape index (κ3) is 4.52. The molecule has 24 heavy (non-hydrogen) atoms.